The van der Waals surface area contributed by atoms with E-state index >= 15 is 0 Å². The summed E-state index contributed by atoms with van der Waals surface area (Å²) in [4.78, 5) is 16.5. The normalized spacial score (nSPS) is 28.2. The van der Waals surface area contributed by atoms with E-state index in [1.807, 2.05) is 11.9 Å². The molecule has 2 aliphatic heterocycles. The van der Waals surface area contributed by atoms with Crippen molar-refractivity contribution in [1.82, 2.24) is 14.4 Å². The number of hydrogen-bond acceptors (Lipinski definition) is 3. The first-order valence-electron chi connectivity index (χ1n) is 7.90. The van der Waals surface area contributed by atoms with Crippen molar-refractivity contribution in [3.05, 3.63) is 24.5 Å². The minimum atomic E-state index is -0.351. The largest absolute Gasteiger partial charge is 0.391 e. The number of likely N-dealkylation sites (N-methyl/N-ethyl adjacent to an activating group) is 1. The smallest absolute Gasteiger partial charge is 0.222 e. The van der Waals surface area contributed by atoms with Crippen molar-refractivity contribution in [2.75, 3.05) is 33.2 Å². The number of β-amino-alcohol motifs (C(OH)–C–C–N with tert-alkyl or cyclic N) is 1. The molecule has 0 radical (unpaired) electrons. The van der Waals surface area contributed by atoms with Crippen molar-refractivity contribution < 1.29 is 9.90 Å². The van der Waals surface area contributed by atoms with Crippen LogP contribution in [0.1, 0.15) is 25.3 Å². The molecule has 3 rings (SSSR count). The summed E-state index contributed by atoms with van der Waals surface area (Å²) in [6.45, 7) is 3.18. The van der Waals surface area contributed by atoms with E-state index < -0.39 is 0 Å². The number of piperidine rings is 1. The Kier molecular flexibility index (Phi) is 4.31. The van der Waals surface area contributed by atoms with Gasteiger partial charge in [-0.3, -0.25) is 4.79 Å². The van der Waals surface area contributed by atoms with Gasteiger partial charge in [-0.25, -0.2) is 0 Å². The minimum Gasteiger partial charge on any atom is -0.391 e. The molecule has 2 atom stereocenters. The first kappa shape index (κ1) is 14.6. The average molecular weight is 291 g/mol. The van der Waals surface area contributed by atoms with Gasteiger partial charge in [0.1, 0.15) is 0 Å². The van der Waals surface area contributed by atoms with E-state index in [1.54, 1.807) is 0 Å². The number of aliphatic hydroxyl groups is 1. The van der Waals surface area contributed by atoms with Gasteiger partial charge in [-0.05, 0) is 32.0 Å². The van der Waals surface area contributed by atoms with Crippen LogP contribution in [0.15, 0.2) is 24.5 Å². The SMILES string of the molecule is CN1C[C@@H](CC(=O)N2CCC(n3cccc3)CC2)[C@H](O)C1. The van der Waals surface area contributed by atoms with Gasteiger partial charge in [0.2, 0.25) is 5.91 Å². The first-order valence-corrected chi connectivity index (χ1v) is 7.90. The number of aliphatic hydroxyl groups excluding tert-OH is 1. The zero-order chi connectivity index (χ0) is 14.8. The van der Waals surface area contributed by atoms with E-state index in [0.29, 0.717) is 19.0 Å². The van der Waals surface area contributed by atoms with Crippen molar-refractivity contribution in [3.63, 3.8) is 0 Å². The second-order valence-electron chi connectivity index (χ2n) is 6.49. The molecule has 2 fully saturated rings. The van der Waals surface area contributed by atoms with Crippen LogP contribution in [0, 0.1) is 5.92 Å². The third-order valence-corrected chi connectivity index (χ3v) is 4.89. The van der Waals surface area contributed by atoms with E-state index in [0.717, 1.165) is 32.5 Å². The van der Waals surface area contributed by atoms with Gasteiger partial charge in [-0.15, -0.1) is 0 Å². The van der Waals surface area contributed by atoms with Gasteiger partial charge >= 0.3 is 0 Å². The van der Waals surface area contributed by atoms with Gasteiger partial charge in [-0.2, -0.15) is 0 Å². The highest BCUT2D eigenvalue weighted by Crippen LogP contribution is 2.25. The maximum Gasteiger partial charge on any atom is 0.222 e. The summed E-state index contributed by atoms with van der Waals surface area (Å²) in [6.07, 6.45) is 6.39. The molecular weight excluding hydrogens is 266 g/mol. The van der Waals surface area contributed by atoms with Crippen LogP contribution in [0.4, 0.5) is 0 Å². The molecule has 1 N–H and O–H groups in total. The molecule has 2 aliphatic rings. The first-order chi connectivity index (χ1) is 10.1. The number of likely N-dealkylation sites (tertiary alicyclic amines) is 2. The maximum atomic E-state index is 12.4. The van der Waals surface area contributed by atoms with Gasteiger partial charge in [0.15, 0.2) is 0 Å². The molecule has 3 heterocycles. The van der Waals surface area contributed by atoms with Gasteiger partial charge < -0.3 is 19.5 Å². The van der Waals surface area contributed by atoms with Crippen LogP contribution in [0.3, 0.4) is 0 Å². The molecule has 0 aliphatic carbocycles. The summed E-state index contributed by atoms with van der Waals surface area (Å²) in [5.41, 5.74) is 0. The van der Waals surface area contributed by atoms with Crippen molar-refractivity contribution >= 4 is 5.91 Å². The molecule has 1 aromatic rings. The molecule has 1 aromatic heterocycles. The predicted octanol–water partition coefficient (Wildman–Crippen LogP) is 0.964. The molecule has 0 unspecified atom stereocenters. The highest BCUT2D eigenvalue weighted by Gasteiger charge is 2.33. The second kappa shape index (κ2) is 6.20. The maximum absolute atomic E-state index is 12.4. The summed E-state index contributed by atoms with van der Waals surface area (Å²) in [5.74, 6) is 0.310. The highest BCUT2D eigenvalue weighted by molar-refractivity contribution is 5.76. The molecule has 0 spiro atoms. The minimum absolute atomic E-state index is 0.102. The lowest BCUT2D eigenvalue weighted by molar-refractivity contribution is -0.134. The molecule has 21 heavy (non-hydrogen) atoms. The van der Waals surface area contributed by atoms with Gasteiger partial charge in [0, 0.05) is 57.0 Å². The van der Waals surface area contributed by atoms with Crippen LogP contribution < -0.4 is 0 Å². The van der Waals surface area contributed by atoms with Crippen LogP contribution in [-0.4, -0.2) is 64.7 Å². The topological polar surface area (TPSA) is 48.7 Å². The molecule has 1 amide bonds. The molecule has 0 bridgehead atoms. The lowest BCUT2D eigenvalue weighted by Crippen LogP contribution is -2.40. The molecule has 2 saturated heterocycles. The fourth-order valence-corrected chi connectivity index (χ4v) is 3.62. The predicted molar refractivity (Wildman–Crippen MR) is 80.9 cm³/mol. The van der Waals surface area contributed by atoms with Crippen molar-refractivity contribution in [1.29, 1.82) is 0 Å². The Morgan fingerprint density at radius 3 is 2.43 bits per heavy atom. The van der Waals surface area contributed by atoms with E-state index in [1.165, 1.54) is 0 Å². The Hall–Kier alpha value is -1.33. The Morgan fingerprint density at radius 1 is 1.19 bits per heavy atom. The van der Waals surface area contributed by atoms with Crippen molar-refractivity contribution in [2.24, 2.45) is 5.92 Å². The summed E-state index contributed by atoms with van der Waals surface area (Å²) in [7, 11) is 2.00. The van der Waals surface area contributed by atoms with Crippen LogP contribution in [-0.2, 0) is 4.79 Å². The zero-order valence-electron chi connectivity index (χ0n) is 12.7. The number of carbonyl (C=O) groups excluding carboxylic acids is 1. The quantitative estimate of drug-likeness (QED) is 0.902. The highest BCUT2D eigenvalue weighted by atomic mass is 16.3. The molecule has 5 nitrogen and oxygen atoms in total. The van der Waals surface area contributed by atoms with Gasteiger partial charge in [0.25, 0.3) is 0 Å². The fraction of sp³-hybridized carbons (Fsp3) is 0.688. The van der Waals surface area contributed by atoms with Gasteiger partial charge in [-0.1, -0.05) is 0 Å². The summed E-state index contributed by atoms with van der Waals surface area (Å²) < 4.78 is 2.25. The summed E-state index contributed by atoms with van der Waals surface area (Å²) >= 11 is 0. The van der Waals surface area contributed by atoms with Crippen molar-refractivity contribution in [2.45, 2.75) is 31.4 Å². The summed E-state index contributed by atoms with van der Waals surface area (Å²) in [5, 5.41) is 9.96. The third-order valence-electron chi connectivity index (χ3n) is 4.89. The lowest BCUT2D eigenvalue weighted by atomic mass is 9.99. The van der Waals surface area contributed by atoms with Crippen molar-refractivity contribution in [3.8, 4) is 0 Å². The van der Waals surface area contributed by atoms with Crippen LogP contribution in [0.2, 0.25) is 0 Å². The number of nitrogens with zero attached hydrogens (tertiary/aromatic N) is 3. The zero-order valence-corrected chi connectivity index (χ0v) is 12.7. The monoisotopic (exact) mass is 291 g/mol. The van der Waals surface area contributed by atoms with E-state index in [-0.39, 0.29) is 17.9 Å². The van der Waals surface area contributed by atoms with E-state index in [4.69, 9.17) is 0 Å². The number of hydrogen-bond donors (Lipinski definition) is 1. The van der Waals surface area contributed by atoms with E-state index in [2.05, 4.69) is 34.0 Å². The Bertz CT molecular complexity index is 466. The summed E-state index contributed by atoms with van der Waals surface area (Å²) in [6, 6.07) is 4.62. The molecule has 0 aromatic carbocycles. The molecular formula is C16H25N3O2. The Labute approximate surface area is 126 Å². The second-order valence-corrected chi connectivity index (χ2v) is 6.49. The van der Waals surface area contributed by atoms with Crippen LogP contribution in [0.25, 0.3) is 0 Å². The third kappa shape index (κ3) is 3.30. The number of aromatic nitrogens is 1. The number of carbonyl (C=O) groups is 1. The lowest BCUT2D eigenvalue weighted by Gasteiger charge is -2.33. The fourth-order valence-electron chi connectivity index (χ4n) is 3.62. The van der Waals surface area contributed by atoms with Gasteiger partial charge in [0.05, 0.1) is 6.10 Å². The molecule has 0 saturated carbocycles. The standard InChI is InChI=1S/C16H25N3O2/c1-17-11-13(15(20)12-17)10-16(21)19-8-4-14(5-9-19)18-6-2-3-7-18/h2-3,6-7,13-15,20H,4-5,8-12H2,1H3/t13-,15-/m1/s1. The molecule has 116 valence electrons. The average Bonchev–Trinajstić information content (AvgIpc) is 3.10. The number of rotatable bonds is 3. The van der Waals surface area contributed by atoms with Crippen LogP contribution >= 0.6 is 0 Å². The van der Waals surface area contributed by atoms with E-state index in [9.17, 15) is 9.90 Å². The van der Waals surface area contributed by atoms with Crippen LogP contribution in [0.5, 0.6) is 0 Å². The Morgan fingerprint density at radius 2 is 1.86 bits per heavy atom. The molecule has 5 heteroatoms. The Balaban J connectivity index is 1.49. The number of amides is 1.